The Morgan fingerprint density at radius 3 is 3.00 bits per heavy atom. The molecular formula is C12H22N2O2. The van der Waals surface area contributed by atoms with E-state index in [0.29, 0.717) is 6.10 Å². The van der Waals surface area contributed by atoms with E-state index in [1.165, 1.54) is 6.42 Å². The van der Waals surface area contributed by atoms with Crippen LogP contribution in [0.3, 0.4) is 0 Å². The lowest BCUT2D eigenvalue weighted by atomic mass is 10.1. The van der Waals surface area contributed by atoms with Crippen LogP contribution in [0, 0.1) is 0 Å². The van der Waals surface area contributed by atoms with Crippen LogP contribution in [0.2, 0.25) is 0 Å². The smallest absolute Gasteiger partial charge is 0.240 e. The van der Waals surface area contributed by atoms with Crippen LogP contribution in [0.25, 0.3) is 0 Å². The number of amides is 1. The van der Waals surface area contributed by atoms with Gasteiger partial charge in [0, 0.05) is 13.2 Å². The van der Waals surface area contributed by atoms with E-state index in [4.69, 9.17) is 4.74 Å². The number of rotatable bonds is 4. The number of nitrogens with one attached hydrogen (secondary N) is 1. The summed E-state index contributed by atoms with van der Waals surface area (Å²) in [5, 5.41) is 3.31. The fourth-order valence-electron chi connectivity index (χ4n) is 2.61. The number of ether oxygens (including phenoxy) is 1. The molecule has 2 heterocycles. The average molecular weight is 226 g/mol. The van der Waals surface area contributed by atoms with Crippen molar-refractivity contribution in [3.05, 3.63) is 0 Å². The van der Waals surface area contributed by atoms with Gasteiger partial charge in [0.05, 0.1) is 18.3 Å². The fraction of sp³-hybridized carbons (Fsp3) is 0.917. The molecule has 0 bridgehead atoms. The molecule has 2 fully saturated rings. The van der Waals surface area contributed by atoms with Crippen LogP contribution in [0.5, 0.6) is 0 Å². The predicted molar refractivity (Wildman–Crippen MR) is 62.0 cm³/mol. The van der Waals surface area contributed by atoms with Crippen molar-refractivity contribution in [1.29, 1.82) is 0 Å². The van der Waals surface area contributed by atoms with Crippen molar-refractivity contribution in [2.24, 2.45) is 0 Å². The molecule has 0 radical (unpaired) electrons. The van der Waals surface area contributed by atoms with Crippen LogP contribution >= 0.6 is 0 Å². The van der Waals surface area contributed by atoms with Gasteiger partial charge in [0.2, 0.25) is 5.91 Å². The number of carbonyl (C=O) groups is 1. The number of hydrogen-bond donors (Lipinski definition) is 1. The Hall–Kier alpha value is -0.610. The molecule has 2 aliphatic rings. The molecule has 2 rings (SSSR count). The van der Waals surface area contributed by atoms with Crippen molar-refractivity contribution in [2.75, 3.05) is 13.2 Å². The van der Waals surface area contributed by atoms with E-state index in [-0.39, 0.29) is 18.1 Å². The van der Waals surface area contributed by atoms with Crippen molar-refractivity contribution in [3.8, 4) is 0 Å². The van der Waals surface area contributed by atoms with Gasteiger partial charge in [0.25, 0.3) is 0 Å². The molecular weight excluding hydrogens is 204 g/mol. The molecule has 3 unspecified atom stereocenters. The fourth-order valence-corrected chi connectivity index (χ4v) is 2.61. The summed E-state index contributed by atoms with van der Waals surface area (Å²) in [6.45, 7) is 5.78. The highest BCUT2D eigenvalue weighted by atomic mass is 16.5. The Balaban J connectivity index is 1.84. The first-order chi connectivity index (χ1) is 7.72. The molecule has 16 heavy (non-hydrogen) atoms. The molecule has 2 aliphatic heterocycles. The van der Waals surface area contributed by atoms with Gasteiger partial charge in [0.15, 0.2) is 0 Å². The molecule has 4 nitrogen and oxygen atoms in total. The van der Waals surface area contributed by atoms with E-state index in [1.54, 1.807) is 0 Å². The van der Waals surface area contributed by atoms with Gasteiger partial charge >= 0.3 is 0 Å². The van der Waals surface area contributed by atoms with Gasteiger partial charge < -0.3 is 9.64 Å². The van der Waals surface area contributed by atoms with E-state index in [0.717, 1.165) is 32.4 Å². The van der Waals surface area contributed by atoms with Crippen LogP contribution in [-0.4, -0.2) is 42.3 Å². The van der Waals surface area contributed by atoms with Crippen molar-refractivity contribution in [1.82, 2.24) is 10.2 Å². The maximum atomic E-state index is 11.9. The van der Waals surface area contributed by atoms with E-state index >= 15 is 0 Å². The Bertz CT molecular complexity index is 251. The molecule has 4 heteroatoms. The van der Waals surface area contributed by atoms with Gasteiger partial charge in [0.1, 0.15) is 0 Å². The van der Waals surface area contributed by atoms with Crippen LogP contribution in [0.15, 0.2) is 0 Å². The summed E-state index contributed by atoms with van der Waals surface area (Å²) >= 11 is 0. The minimum absolute atomic E-state index is 0.0190. The highest BCUT2D eigenvalue weighted by molar-refractivity contribution is 5.83. The Morgan fingerprint density at radius 2 is 2.38 bits per heavy atom. The lowest BCUT2D eigenvalue weighted by Crippen LogP contribution is -2.38. The summed E-state index contributed by atoms with van der Waals surface area (Å²) in [7, 11) is 0. The molecule has 1 amide bonds. The minimum atomic E-state index is -0.0190. The van der Waals surface area contributed by atoms with Crippen molar-refractivity contribution in [3.63, 3.8) is 0 Å². The van der Waals surface area contributed by atoms with Crippen molar-refractivity contribution in [2.45, 2.75) is 57.8 Å². The van der Waals surface area contributed by atoms with E-state index in [1.807, 2.05) is 11.8 Å². The summed E-state index contributed by atoms with van der Waals surface area (Å²) in [6.07, 6.45) is 4.88. The second-order valence-corrected chi connectivity index (χ2v) is 4.77. The topological polar surface area (TPSA) is 41.6 Å². The van der Waals surface area contributed by atoms with Crippen LogP contribution in [0.1, 0.15) is 39.5 Å². The first-order valence-corrected chi connectivity index (χ1v) is 6.40. The summed E-state index contributed by atoms with van der Waals surface area (Å²) in [5.41, 5.74) is 0. The molecule has 3 atom stereocenters. The summed E-state index contributed by atoms with van der Waals surface area (Å²) in [4.78, 5) is 13.9. The highest BCUT2D eigenvalue weighted by Gasteiger charge is 2.35. The third kappa shape index (κ3) is 2.38. The lowest BCUT2D eigenvalue weighted by molar-refractivity contribution is -0.130. The van der Waals surface area contributed by atoms with Crippen molar-refractivity contribution >= 4 is 5.91 Å². The van der Waals surface area contributed by atoms with Crippen LogP contribution in [-0.2, 0) is 9.53 Å². The third-order valence-corrected chi connectivity index (χ3v) is 3.57. The summed E-state index contributed by atoms with van der Waals surface area (Å²) in [6, 6.07) is -0.0190. The van der Waals surface area contributed by atoms with Gasteiger partial charge in [-0.25, -0.2) is 0 Å². The maximum absolute atomic E-state index is 11.9. The molecule has 92 valence electrons. The van der Waals surface area contributed by atoms with Crippen LogP contribution in [0.4, 0.5) is 0 Å². The average Bonchev–Trinajstić information content (AvgIpc) is 2.87. The van der Waals surface area contributed by atoms with Gasteiger partial charge in [-0.05, 0) is 32.6 Å². The Kier molecular flexibility index (Phi) is 3.82. The van der Waals surface area contributed by atoms with Gasteiger partial charge in [-0.15, -0.1) is 0 Å². The minimum Gasteiger partial charge on any atom is -0.378 e. The number of carbonyl (C=O) groups excluding carboxylic acids is 1. The third-order valence-electron chi connectivity index (χ3n) is 3.57. The van der Waals surface area contributed by atoms with E-state index in [9.17, 15) is 4.79 Å². The van der Waals surface area contributed by atoms with Crippen LogP contribution < -0.4 is 5.32 Å². The van der Waals surface area contributed by atoms with E-state index in [2.05, 4.69) is 12.2 Å². The quantitative estimate of drug-likeness (QED) is 0.781. The highest BCUT2D eigenvalue weighted by Crippen LogP contribution is 2.19. The molecule has 1 N–H and O–H groups in total. The zero-order chi connectivity index (χ0) is 11.5. The normalized spacial score (nSPS) is 35.0. The maximum Gasteiger partial charge on any atom is 0.240 e. The first kappa shape index (κ1) is 11.9. The summed E-state index contributed by atoms with van der Waals surface area (Å²) < 4.78 is 5.59. The molecule has 0 aromatic carbocycles. The van der Waals surface area contributed by atoms with Gasteiger partial charge in [-0.1, -0.05) is 6.92 Å². The Morgan fingerprint density at radius 1 is 1.56 bits per heavy atom. The molecule has 0 aliphatic carbocycles. The summed E-state index contributed by atoms with van der Waals surface area (Å²) in [5.74, 6) is 0.241. The molecule has 0 aromatic rings. The zero-order valence-corrected chi connectivity index (χ0v) is 10.2. The zero-order valence-electron chi connectivity index (χ0n) is 10.2. The number of hydrogen-bond acceptors (Lipinski definition) is 3. The Labute approximate surface area is 97.3 Å². The second-order valence-electron chi connectivity index (χ2n) is 4.77. The standard InChI is InChI=1S/C12H22N2O2/c1-3-11-13-9(2)12(15)14(11)7-6-10-5-4-8-16-10/h9-11,13H,3-8H2,1-2H3. The van der Waals surface area contributed by atoms with Crippen molar-refractivity contribution < 1.29 is 9.53 Å². The van der Waals surface area contributed by atoms with Gasteiger partial charge in [-0.2, -0.15) is 0 Å². The first-order valence-electron chi connectivity index (χ1n) is 6.40. The lowest BCUT2D eigenvalue weighted by Gasteiger charge is -2.24. The molecule has 0 saturated carbocycles. The van der Waals surface area contributed by atoms with Gasteiger partial charge in [-0.3, -0.25) is 10.1 Å². The molecule has 2 saturated heterocycles. The number of nitrogens with zero attached hydrogens (tertiary/aromatic N) is 1. The monoisotopic (exact) mass is 226 g/mol. The largest absolute Gasteiger partial charge is 0.378 e. The van der Waals surface area contributed by atoms with E-state index < -0.39 is 0 Å². The SMILES string of the molecule is CCC1NC(C)C(=O)N1CCC1CCCO1. The molecule has 0 spiro atoms. The predicted octanol–water partition coefficient (Wildman–Crippen LogP) is 1.11. The molecule has 0 aromatic heterocycles. The second kappa shape index (κ2) is 5.15.